The molecule has 1 aliphatic heterocycles. The molecule has 0 saturated carbocycles. The van der Waals surface area contributed by atoms with Crippen LogP contribution in [-0.4, -0.2) is 16.8 Å². The van der Waals surface area contributed by atoms with Crippen molar-refractivity contribution < 1.29 is 9.47 Å². The number of rotatable bonds is 0. The lowest BCUT2D eigenvalue weighted by Crippen LogP contribution is -1.93. The Morgan fingerprint density at radius 2 is 1.40 bits per heavy atom. The predicted molar refractivity (Wildman–Crippen MR) is 55.1 cm³/mol. The van der Waals surface area contributed by atoms with Crippen LogP contribution in [-0.2, 0) is 0 Å². The van der Waals surface area contributed by atoms with Crippen molar-refractivity contribution >= 4 is 11.0 Å². The molecule has 4 heteroatoms. The fourth-order valence-electron chi connectivity index (χ4n) is 1.62. The Labute approximate surface area is 86.9 Å². The number of fused-ring (bicyclic) bond motifs is 2. The van der Waals surface area contributed by atoms with E-state index in [1.807, 2.05) is 26.0 Å². The molecule has 4 nitrogen and oxygen atoms in total. The first-order valence-corrected chi connectivity index (χ1v) is 4.78. The van der Waals surface area contributed by atoms with E-state index in [0.29, 0.717) is 0 Å². The van der Waals surface area contributed by atoms with E-state index in [4.69, 9.17) is 9.47 Å². The molecule has 1 aromatic carbocycles. The Kier molecular flexibility index (Phi) is 1.59. The summed E-state index contributed by atoms with van der Waals surface area (Å²) in [6.07, 6.45) is 0. The molecule has 2 aromatic rings. The molecule has 0 atom stereocenters. The number of hydrogen-bond acceptors (Lipinski definition) is 4. The lowest BCUT2D eigenvalue weighted by atomic mass is 10.2. The molecule has 0 fully saturated rings. The third-order valence-corrected chi connectivity index (χ3v) is 2.57. The summed E-state index contributed by atoms with van der Waals surface area (Å²) in [6.45, 7) is 4.18. The Balaban J connectivity index is 2.34. The van der Waals surface area contributed by atoms with E-state index in [0.717, 1.165) is 33.9 Å². The van der Waals surface area contributed by atoms with Gasteiger partial charge in [-0.3, -0.25) is 0 Å². The fraction of sp³-hybridized carbons (Fsp3) is 0.273. The van der Waals surface area contributed by atoms with Gasteiger partial charge in [0.25, 0.3) is 0 Å². The van der Waals surface area contributed by atoms with Crippen LogP contribution in [0.25, 0.3) is 11.0 Å². The quantitative estimate of drug-likeness (QED) is 0.655. The normalized spacial score (nSPS) is 13.5. The van der Waals surface area contributed by atoms with E-state index >= 15 is 0 Å². The molecular formula is C11H10N2O2. The molecular weight excluding hydrogens is 192 g/mol. The molecule has 0 aliphatic carbocycles. The molecule has 0 radical (unpaired) electrons. The summed E-state index contributed by atoms with van der Waals surface area (Å²) in [5, 5.41) is 0. The first kappa shape index (κ1) is 8.47. The van der Waals surface area contributed by atoms with E-state index in [1.54, 1.807) is 0 Å². The second kappa shape index (κ2) is 2.82. The highest BCUT2D eigenvalue weighted by molar-refractivity contribution is 5.79. The van der Waals surface area contributed by atoms with Gasteiger partial charge in [0.15, 0.2) is 11.5 Å². The molecule has 0 amide bonds. The number of nitrogens with zero attached hydrogens (tertiary/aromatic N) is 2. The van der Waals surface area contributed by atoms with Crippen molar-refractivity contribution in [1.82, 2.24) is 9.97 Å². The molecule has 0 unspecified atom stereocenters. The van der Waals surface area contributed by atoms with Crippen molar-refractivity contribution in [2.24, 2.45) is 0 Å². The van der Waals surface area contributed by atoms with Crippen LogP contribution in [0.2, 0.25) is 0 Å². The number of aryl methyl sites for hydroxylation is 2. The highest BCUT2D eigenvalue weighted by Gasteiger charge is 2.15. The maximum Gasteiger partial charge on any atom is 0.231 e. The maximum atomic E-state index is 5.29. The zero-order valence-corrected chi connectivity index (χ0v) is 8.57. The monoisotopic (exact) mass is 202 g/mol. The smallest absolute Gasteiger partial charge is 0.231 e. The number of hydrogen-bond donors (Lipinski definition) is 0. The van der Waals surface area contributed by atoms with Crippen LogP contribution in [0.5, 0.6) is 11.5 Å². The predicted octanol–water partition coefficient (Wildman–Crippen LogP) is 1.98. The van der Waals surface area contributed by atoms with Gasteiger partial charge in [-0.05, 0) is 13.8 Å². The summed E-state index contributed by atoms with van der Waals surface area (Å²) in [5.41, 5.74) is 3.59. The summed E-state index contributed by atoms with van der Waals surface area (Å²) in [7, 11) is 0. The molecule has 0 N–H and O–H groups in total. The minimum Gasteiger partial charge on any atom is -0.454 e. The van der Waals surface area contributed by atoms with Gasteiger partial charge in [0.1, 0.15) is 0 Å². The molecule has 15 heavy (non-hydrogen) atoms. The molecule has 0 spiro atoms. The summed E-state index contributed by atoms with van der Waals surface area (Å²) in [5.74, 6) is 1.50. The van der Waals surface area contributed by atoms with Crippen molar-refractivity contribution in [3.05, 3.63) is 23.5 Å². The van der Waals surface area contributed by atoms with E-state index in [1.165, 1.54) is 0 Å². The van der Waals surface area contributed by atoms with E-state index in [2.05, 4.69) is 9.97 Å². The third kappa shape index (κ3) is 1.21. The number of aromatic nitrogens is 2. The van der Waals surface area contributed by atoms with Crippen molar-refractivity contribution in [2.75, 3.05) is 6.79 Å². The first-order chi connectivity index (χ1) is 7.24. The molecule has 1 aliphatic rings. The molecule has 0 bridgehead atoms. The van der Waals surface area contributed by atoms with Gasteiger partial charge in [-0.1, -0.05) is 0 Å². The van der Waals surface area contributed by atoms with Crippen molar-refractivity contribution in [3.8, 4) is 11.5 Å². The third-order valence-electron chi connectivity index (χ3n) is 2.57. The first-order valence-electron chi connectivity index (χ1n) is 4.78. The SMILES string of the molecule is Cc1nc2cc3c(cc2nc1C)OCO3. The highest BCUT2D eigenvalue weighted by atomic mass is 16.7. The van der Waals surface area contributed by atoms with Crippen LogP contribution in [0.15, 0.2) is 12.1 Å². The largest absolute Gasteiger partial charge is 0.454 e. The van der Waals surface area contributed by atoms with E-state index < -0.39 is 0 Å². The number of benzene rings is 1. The van der Waals surface area contributed by atoms with Crippen LogP contribution in [0.4, 0.5) is 0 Å². The Bertz CT molecular complexity index is 503. The summed E-state index contributed by atoms with van der Waals surface area (Å²) in [4.78, 5) is 8.91. The maximum absolute atomic E-state index is 5.29. The zero-order chi connectivity index (χ0) is 10.4. The van der Waals surface area contributed by atoms with Crippen molar-refractivity contribution in [1.29, 1.82) is 0 Å². The van der Waals surface area contributed by atoms with Gasteiger partial charge in [-0.25, -0.2) is 9.97 Å². The van der Waals surface area contributed by atoms with Crippen LogP contribution >= 0.6 is 0 Å². The Morgan fingerprint density at radius 3 is 1.87 bits per heavy atom. The Hall–Kier alpha value is -1.84. The van der Waals surface area contributed by atoms with Gasteiger partial charge in [0, 0.05) is 12.1 Å². The van der Waals surface area contributed by atoms with Gasteiger partial charge in [-0.2, -0.15) is 0 Å². The summed E-state index contributed by atoms with van der Waals surface area (Å²) >= 11 is 0. The average molecular weight is 202 g/mol. The van der Waals surface area contributed by atoms with E-state index in [9.17, 15) is 0 Å². The van der Waals surface area contributed by atoms with Crippen molar-refractivity contribution in [2.45, 2.75) is 13.8 Å². The molecule has 3 rings (SSSR count). The summed E-state index contributed by atoms with van der Waals surface area (Å²) in [6, 6.07) is 3.74. The standard InChI is InChI=1S/C11H10N2O2/c1-6-7(2)13-9-4-11-10(14-5-15-11)3-8(9)12-6/h3-4H,5H2,1-2H3. The van der Waals surface area contributed by atoms with Crippen LogP contribution < -0.4 is 9.47 Å². The highest BCUT2D eigenvalue weighted by Crippen LogP contribution is 2.34. The molecule has 1 aromatic heterocycles. The topological polar surface area (TPSA) is 44.2 Å². The minimum atomic E-state index is 0.281. The molecule has 2 heterocycles. The van der Waals surface area contributed by atoms with Crippen LogP contribution in [0.1, 0.15) is 11.4 Å². The molecule has 76 valence electrons. The second-order valence-electron chi connectivity index (χ2n) is 3.59. The molecule has 0 saturated heterocycles. The van der Waals surface area contributed by atoms with Crippen molar-refractivity contribution in [3.63, 3.8) is 0 Å². The van der Waals surface area contributed by atoms with Gasteiger partial charge in [-0.15, -0.1) is 0 Å². The van der Waals surface area contributed by atoms with Gasteiger partial charge in [0.05, 0.1) is 22.4 Å². The average Bonchev–Trinajstić information content (AvgIpc) is 2.63. The summed E-state index contributed by atoms with van der Waals surface area (Å²) < 4.78 is 10.6. The van der Waals surface area contributed by atoms with E-state index in [-0.39, 0.29) is 6.79 Å². The van der Waals surface area contributed by atoms with Crippen LogP contribution in [0.3, 0.4) is 0 Å². The Morgan fingerprint density at radius 1 is 0.933 bits per heavy atom. The van der Waals surface area contributed by atoms with Gasteiger partial charge in [0.2, 0.25) is 6.79 Å². The second-order valence-corrected chi connectivity index (χ2v) is 3.59. The zero-order valence-electron chi connectivity index (χ0n) is 8.57. The van der Waals surface area contributed by atoms with Crippen LogP contribution in [0, 0.1) is 13.8 Å². The lowest BCUT2D eigenvalue weighted by Gasteiger charge is -2.03. The fourth-order valence-corrected chi connectivity index (χ4v) is 1.62. The lowest BCUT2D eigenvalue weighted by molar-refractivity contribution is 0.174. The van der Waals surface area contributed by atoms with Gasteiger partial charge < -0.3 is 9.47 Å². The minimum absolute atomic E-state index is 0.281. The number of ether oxygens (including phenoxy) is 2. The van der Waals surface area contributed by atoms with Gasteiger partial charge >= 0.3 is 0 Å².